The van der Waals surface area contributed by atoms with Gasteiger partial charge in [0, 0.05) is 31.0 Å². The molecule has 1 aromatic rings. The Morgan fingerprint density at radius 3 is 2.26 bits per heavy atom. The van der Waals surface area contributed by atoms with Gasteiger partial charge in [-0.2, -0.15) is 0 Å². The van der Waals surface area contributed by atoms with Crippen molar-refractivity contribution in [2.75, 3.05) is 18.5 Å². The molecule has 0 radical (unpaired) electrons. The van der Waals surface area contributed by atoms with Crippen LogP contribution in [0.2, 0.25) is 0 Å². The van der Waals surface area contributed by atoms with Crippen molar-refractivity contribution < 1.29 is 22.7 Å². The molecule has 1 aliphatic rings. The lowest BCUT2D eigenvalue weighted by molar-refractivity contribution is -0.124. The molecular formula is C12H13F3N2O2. The summed E-state index contributed by atoms with van der Waals surface area (Å²) in [7, 11) is 0. The summed E-state index contributed by atoms with van der Waals surface area (Å²) in [5.74, 6) is -4.88. The SMILES string of the molecule is NC1(C(=O)Nc2cc(F)c(F)c(F)c2)CCOCC1. The average molecular weight is 274 g/mol. The van der Waals surface area contributed by atoms with Gasteiger partial charge in [0.25, 0.3) is 0 Å². The molecule has 0 atom stereocenters. The molecule has 0 unspecified atom stereocenters. The fraction of sp³-hybridized carbons (Fsp3) is 0.417. The first-order chi connectivity index (χ1) is 8.92. The molecule has 3 N–H and O–H groups in total. The predicted octanol–water partition coefficient (Wildman–Crippen LogP) is 1.55. The van der Waals surface area contributed by atoms with Crippen molar-refractivity contribution in [2.24, 2.45) is 5.73 Å². The van der Waals surface area contributed by atoms with Gasteiger partial charge in [0.15, 0.2) is 17.5 Å². The van der Waals surface area contributed by atoms with Crippen LogP contribution in [0.1, 0.15) is 12.8 Å². The number of carbonyl (C=O) groups excluding carboxylic acids is 1. The van der Waals surface area contributed by atoms with Crippen molar-refractivity contribution in [1.29, 1.82) is 0 Å². The molecule has 0 spiro atoms. The fourth-order valence-corrected chi connectivity index (χ4v) is 1.85. The zero-order valence-electron chi connectivity index (χ0n) is 10.0. The second-order valence-corrected chi connectivity index (χ2v) is 4.48. The summed E-state index contributed by atoms with van der Waals surface area (Å²) in [6.07, 6.45) is 0.621. The van der Waals surface area contributed by atoms with Crippen LogP contribution in [0, 0.1) is 17.5 Å². The van der Waals surface area contributed by atoms with Gasteiger partial charge in [-0.05, 0) is 12.8 Å². The van der Waals surface area contributed by atoms with Crippen LogP contribution in [-0.2, 0) is 9.53 Å². The van der Waals surface area contributed by atoms with Gasteiger partial charge in [0.1, 0.15) is 5.54 Å². The van der Waals surface area contributed by atoms with Crippen LogP contribution in [0.25, 0.3) is 0 Å². The number of hydrogen-bond donors (Lipinski definition) is 2. The van der Waals surface area contributed by atoms with Gasteiger partial charge in [-0.15, -0.1) is 0 Å². The highest BCUT2D eigenvalue weighted by atomic mass is 19.2. The van der Waals surface area contributed by atoms with E-state index in [9.17, 15) is 18.0 Å². The maximum absolute atomic E-state index is 13.0. The summed E-state index contributed by atoms with van der Waals surface area (Å²) in [5.41, 5.74) is 4.59. The third kappa shape index (κ3) is 2.87. The average Bonchev–Trinajstić information content (AvgIpc) is 2.36. The normalized spacial score (nSPS) is 18.1. The number of halogens is 3. The quantitative estimate of drug-likeness (QED) is 0.804. The number of carbonyl (C=O) groups is 1. The molecule has 7 heteroatoms. The second-order valence-electron chi connectivity index (χ2n) is 4.48. The molecule has 0 aliphatic carbocycles. The van der Waals surface area contributed by atoms with Crippen molar-refractivity contribution in [3.05, 3.63) is 29.6 Å². The van der Waals surface area contributed by atoms with E-state index in [1.165, 1.54) is 0 Å². The number of hydrogen-bond acceptors (Lipinski definition) is 3. The largest absolute Gasteiger partial charge is 0.381 e. The minimum atomic E-state index is -1.58. The number of nitrogens with two attached hydrogens (primary N) is 1. The standard InChI is InChI=1S/C12H13F3N2O2/c13-8-5-7(6-9(14)10(8)15)17-11(18)12(16)1-3-19-4-2-12/h5-6H,1-4,16H2,(H,17,18). The molecular weight excluding hydrogens is 261 g/mol. The van der Waals surface area contributed by atoms with Crippen LogP contribution in [-0.4, -0.2) is 24.7 Å². The van der Waals surface area contributed by atoms with Crippen molar-refractivity contribution in [3.63, 3.8) is 0 Å². The van der Waals surface area contributed by atoms with E-state index in [0.29, 0.717) is 38.2 Å². The van der Waals surface area contributed by atoms with Crippen molar-refractivity contribution in [1.82, 2.24) is 0 Å². The zero-order valence-corrected chi connectivity index (χ0v) is 10.0. The first kappa shape index (κ1) is 13.8. The monoisotopic (exact) mass is 274 g/mol. The highest BCUT2D eigenvalue weighted by Gasteiger charge is 2.36. The van der Waals surface area contributed by atoms with Gasteiger partial charge in [0.05, 0.1) is 0 Å². The Bertz CT molecular complexity index is 479. The molecule has 4 nitrogen and oxygen atoms in total. The van der Waals surface area contributed by atoms with Crippen molar-refractivity contribution in [2.45, 2.75) is 18.4 Å². The van der Waals surface area contributed by atoms with Crippen molar-refractivity contribution >= 4 is 11.6 Å². The number of benzene rings is 1. The molecule has 0 saturated carbocycles. The lowest BCUT2D eigenvalue weighted by Crippen LogP contribution is -2.54. The number of ether oxygens (including phenoxy) is 1. The molecule has 0 bridgehead atoms. The molecule has 1 amide bonds. The lowest BCUT2D eigenvalue weighted by Gasteiger charge is -2.31. The van der Waals surface area contributed by atoms with Crippen LogP contribution >= 0.6 is 0 Å². The van der Waals surface area contributed by atoms with E-state index in [-0.39, 0.29) is 5.69 Å². The van der Waals surface area contributed by atoms with Crippen LogP contribution < -0.4 is 11.1 Å². The maximum atomic E-state index is 13.0. The molecule has 1 saturated heterocycles. The van der Waals surface area contributed by atoms with E-state index in [0.717, 1.165) is 0 Å². The smallest absolute Gasteiger partial charge is 0.244 e. The fourth-order valence-electron chi connectivity index (χ4n) is 1.85. The topological polar surface area (TPSA) is 64.4 Å². The van der Waals surface area contributed by atoms with E-state index in [1.54, 1.807) is 0 Å². The number of rotatable bonds is 2. The Morgan fingerprint density at radius 2 is 1.74 bits per heavy atom. The molecule has 0 aromatic heterocycles. The molecule has 19 heavy (non-hydrogen) atoms. The van der Waals surface area contributed by atoms with Gasteiger partial charge in [-0.25, -0.2) is 13.2 Å². The maximum Gasteiger partial charge on any atom is 0.244 e. The number of nitrogens with one attached hydrogen (secondary N) is 1. The predicted molar refractivity (Wildman–Crippen MR) is 61.9 cm³/mol. The third-order valence-corrected chi connectivity index (χ3v) is 3.08. The Morgan fingerprint density at radius 1 is 1.21 bits per heavy atom. The van der Waals surface area contributed by atoms with E-state index >= 15 is 0 Å². The van der Waals surface area contributed by atoms with Crippen LogP contribution in [0.5, 0.6) is 0 Å². The lowest BCUT2D eigenvalue weighted by atomic mass is 9.90. The first-order valence-corrected chi connectivity index (χ1v) is 5.75. The summed E-state index contributed by atoms with van der Waals surface area (Å²) >= 11 is 0. The van der Waals surface area contributed by atoms with Crippen LogP contribution in [0.4, 0.5) is 18.9 Å². The molecule has 1 fully saturated rings. The molecule has 1 aromatic carbocycles. The Labute approximate surface area is 107 Å². The Hall–Kier alpha value is -1.60. The van der Waals surface area contributed by atoms with E-state index in [4.69, 9.17) is 10.5 Å². The highest BCUT2D eigenvalue weighted by Crippen LogP contribution is 2.22. The van der Waals surface area contributed by atoms with E-state index < -0.39 is 28.9 Å². The third-order valence-electron chi connectivity index (χ3n) is 3.08. The summed E-state index contributed by atoms with van der Waals surface area (Å²) in [5, 5.41) is 2.29. The summed E-state index contributed by atoms with van der Waals surface area (Å²) < 4.78 is 43.9. The first-order valence-electron chi connectivity index (χ1n) is 5.75. The van der Waals surface area contributed by atoms with Gasteiger partial charge in [-0.1, -0.05) is 0 Å². The van der Waals surface area contributed by atoms with Gasteiger partial charge >= 0.3 is 0 Å². The molecule has 2 rings (SSSR count). The summed E-state index contributed by atoms with van der Waals surface area (Å²) in [6.45, 7) is 0.687. The molecule has 104 valence electrons. The van der Waals surface area contributed by atoms with Crippen LogP contribution in [0.3, 0.4) is 0 Å². The second kappa shape index (κ2) is 5.18. The van der Waals surface area contributed by atoms with Gasteiger partial charge in [-0.3, -0.25) is 4.79 Å². The summed E-state index contributed by atoms with van der Waals surface area (Å²) in [4.78, 5) is 12.0. The van der Waals surface area contributed by atoms with Gasteiger partial charge in [0.2, 0.25) is 5.91 Å². The highest BCUT2D eigenvalue weighted by molar-refractivity contribution is 5.98. The minimum absolute atomic E-state index is 0.169. The van der Waals surface area contributed by atoms with Gasteiger partial charge < -0.3 is 15.8 Å². The minimum Gasteiger partial charge on any atom is -0.381 e. The Kier molecular flexibility index (Phi) is 3.77. The zero-order chi connectivity index (χ0) is 14.0. The summed E-state index contributed by atoms with van der Waals surface area (Å²) in [6, 6.07) is 1.41. The number of amides is 1. The van der Waals surface area contributed by atoms with E-state index in [2.05, 4.69) is 5.32 Å². The van der Waals surface area contributed by atoms with Crippen molar-refractivity contribution in [3.8, 4) is 0 Å². The van der Waals surface area contributed by atoms with Crippen LogP contribution in [0.15, 0.2) is 12.1 Å². The molecule has 1 heterocycles. The molecule has 1 aliphatic heterocycles. The van der Waals surface area contributed by atoms with E-state index in [1.807, 2.05) is 0 Å². The number of anilines is 1. The Balaban J connectivity index is 2.14.